The van der Waals surface area contributed by atoms with Crippen LogP contribution in [-0.4, -0.2) is 49.5 Å². The van der Waals surface area contributed by atoms with Crippen molar-refractivity contribution in [3.05, 3.63) is 52.2 Å². The van der Waals surface area contributed by atoms with E-state index in [-0.39, 0.29) is 12.2 Å². The summed E-state index contributed by atoms with van der Waals surface area (Å²) in [7, 11) is 1.73. The van der Waals surface area contributed by atoms with Gasteiger partial charge >= 0.3 is 6.09 Å². The minimum atomic E-state index is -0.324. The molecule has 146 valence electrons. The Morgan fingerprint density at radius 2 is 2.11 bits per heavy atom. The highest BCUT2D eigenvalue weighted by Gasteiger charge is 2.19. The molecule has 7 heteroatoms. The van der Waals surface area contributed by atoms with Gasteiger partial charge in [-0.3, -0.25) is 0 Å². The normalized spacial score (nSPS) is 11.6. The van der Waals surface area contributed by atoms with Crippen LogP contribution in [0, 0.1) is 0 Å². The molecule has 0 spiro atoms. The quantitative estimate of drug-likeness (QED) is 0.407. The van der Waals surface area contributed by atoms with Crippen LogP contribution in [0.15, 0.2) is 41.8 Å². The molecule has 0 aliphatic rings. The van der Waals surface area contributed by atoms with E-state index < -0.39 is 0 Å². The van der Waals surface area contributed by atoms with Crippen LogP contribution in [-0.2, 0) is 16.0 Å². The van der Waals surface area contributed by atoms with Gasteiger partial charge in [0, 0.05) is 42.6 Å². The van der Waals surface area contributed by atoms with Crippen LogP contribution in [0.1, 0.15) is 23.0 Å². The fourth-order valence-electron chi connectivity index (χ4n) is 2.49. The van der Waals surface area contributed by atoms with Crippen molar-refractivity contribution in [1.82, 2.24) is 4.90 Å². The van der Waals surface area contributed by atoms with Gasteiger partial charge in [-0.1, -0.05) is 24.3 Å². The van der Waals surface area contributed by atoms with E-state index in [1.165, 1.54) is 0 Å². The van der Waals surface area contributed by atoms with Crippen LogP contribution in [0.25, 0.3) is 0 Å². The number of rotatable bonds is 11. The first-order chi connectivity index (χ1) is 13.2. The summed E-state index contributed by atoms with van der Waals surface area (Å²) in [4.78, 5) is 25.6. The lowest BCUT2D eigenvalue weighted by Crippen LogP contribution is -2.30. The van der Waals surface area contributed by atoms with E-state index in [2.05, 4.69) is 0 Å². The highest BCUT2D eigenvalue weighted by atomic mass is 32.2. The third-order valence-electron chi connectivity index (χ3n) is 3.96. The highest BCUT2D eigenvalue weighted by molar-refractivity contribution is 7.98. The van der Waals surface area contributed by atoms with Crippen LogP contribution in [0.3, 0.4) is 0 Å². The zero-order valence-corrected chi connectivity index (χ0v) is 17.3. The number of benzene rings is 1. The van der Waals surface area contributed by atoms with Crippen molar-refractivity contribution in [2.24, 2.45) is 0 Å². The van der Waals surface area contributed by atoms with E-state index in [0.717, 1.165) is 22.5 Å². The number of amides is 1. The predicted molar refractivity (Wildman–Crippen MR) is 111 cm³/mol. The first kappa shape index (κ1) is 21.3. The molecule has 0 bridgehead atoms. The molecule has 2 rings (SSSR count). The molecule has 1 atom stereocenters. The van der Waals surface area contributed by atoms with E-state index in [0.29, 0.717) is 31.7 Å². The molecule has 0 fully saturated rings. The SMILES string of the molecule is CSCCOC(=O)N(C)CCC(Oc1ccccc1CC=O)c1cccs1. The van der Waals surface area contributed by atoms with E-state index in [1.807, 2.05) is 48.0 Å². The molecule has 0 N–H and O–H groups in total. The molecule has 1 unspecified atom stereocenters. The van der Waals surface area contributed by atoms with Crippen LogP contribution in [0.4, 0.5) is 4.79 Å². The van der Waals surface area contributed by atoms with Gasteiger partial charge in [0.1, 0.15) is 24.7 Å². The van der Waals surface area contributed by atoms with Crippen molar-refractivity contribution in [2.75, 3.05) is 32.2 Å². The molecule has 0 radical (unpaired) electrons. The van der Waals surface area contributed by atoms with Crippen LogP contribution < -0.4 is 4.74 Å². The van der Waals surface area contributed by atoms with Gasteiger partial charge in [-0.2, -0.15) is 11.8 Å². The average Bonchev–Trinajstić information content (AvgIpc) is 3.21. The summed E-state index contributed by atoms with van der Waals surface area (Å²) in [6.45, 7) is 0.921. The topological polar surface area (TPSA) is 55.8 Å². The molecule has 1 heterocycles. The van der Waals surface area contributed by atoms with Crippen LogP contribution >= 0.6 is 23.1 Å². The van der Waals surface area contributed by atoms with E-state index in [1.54, 1.807) is 35.0 Å². The largest absolute Gasteiger partial charge is 0.485 e. The molecule has 0 saturated carbocycles. The zero-order valence-electron chi connectivity index (χ0n) is 15.6. The van der Waals surface area contributed by atoms with Gasteiger partial charge in [-0.15, -0.1) is 11.3 Å². The van der Waals surface area contributed by atoms with Crippen molar-refractivity contribution in [2.45, 2.75) is 18.9 Å². The summed E-state index contributed by atoms with van der Waals surface area (Å²) < 4.78 is 11.5. The zero-order chi connectivity index (χ0) is 19.5. The maximum atomic E-state index is 12.0. The number of para-hydroxylation sites is 1. The van der Waals surface area contributed by atoms with Crippen molar-refractivity contribution in [1.29, 1.82) is 0 Å². The summed E-state index contributed by atoms with van der Waals surface area (Å²) >= 11 is 3.25. The second kappa shape index (κ2) is 11.7. The number of ether oxygens (including phenoxy) is 2. The smallest absolute Gasteiger partial charge is 0.409 e. The van der Waals surface area contributed by atoms with Gasteiger partial charge in [-0.25, -0.2) is 4.79 Å². The lowest BCUT2D eigenvalue weighted by atomic mass is 10.1. The second-order valence-electron chi connectivity index (χ2n) is 5.92. The Kier molecular flexibility index (Phi) is 9.21. The van der Waals surface area contributed by atoms with Gasteiger partial charge in [0.05, 0.1) is 0 Å². The molecule has 0 saturated heterocycles. The predicted octanol–water partition coefficient (Wildman–Crippen LogP) is 4.43. The Labute approximate surface area is 168 Å². The Hall–Kier alpha value is -1.99. The number of thiophene rings is 1. The fourth-order valence-corrected chi connectivity index (χ4v) is 3.53. The van der Waals surface area contributed by atoms with Crippen molar-refractivity contribution >= 4 is 35.5 Å². The summed E-state index contributed by atoms with van der Waals surface area (Å²) in [5.74, 6) is 1.49. The van der Waals surface area contributed by atoms with Gasteiger partial charge in [0.25, 0.3) is 0 Å². The molecule has 27 heavy (non-hydrogen) atoms. The van der Waals surface area contributed by atoms with Crippen molar-refractivity contribution in [3.63, 3.8) is 0 Å². The number of aldehydes is 1. The number of carbonyl (C=O) groups is 2. The molecule has 0 aliphatic carbocycles. The second-order valence-corrected chi connectivity index (χ2v) is 7.88. The maximum absolute atomic E-state index is 12.0. The molecule has 0 aliphatic heterocycles. The van der Waals surface area contributed by atoms with Crippen LogP contribution in [0.5, 0.6) is 5.75 Å². The first-order valence-electron chi connectivity index (χ1n) is 8.74. The van der Waals surface area contributed by atoms with E-state index in [9.17, 15) is 9.59 Å². The van der Waals surface area contributed by atoms with Gasteiger partial charge in [0.2, 0.25) is 0 Å². The monoisotopic (exact) mass is 407 g/mol. The first-order valence-corrected chi connectivity index (χ1v) is 11.0. The summed E-state index contributed by atoms with van der Waals surface area (Å²) in [6.07, 6.45) is 3.28. The fraction of sp³-hybridized carbons (Fsp3) is 0.400. The third-order valence-corrected chi connectivity index (χ3v) is 5.50. The van der Waals surface area contributed by atoms with Gasteiger partial charge < -0.3 is 19.2 Å². The number of thioether (sulfide) groups is 1. The number of nitrogens with zero attached hydrogens (tertiary/aromatic N) is 1. The number of hydrogen-bond acceptors (Lipinski definition) is 6. The molecule has 1 aromatic heterocycles. The summed E-state index contributed by atoms with van der Waals surface area (Å²) in [5, 5.41) is 2.00. The van der Waals surface area contributed by atoms with Crippen molar-refractivity contribution in [3.8, 4) is 5.75 Å². The lowest BCUT2D eigenvalue weighted by molar-refractivity contribution is -0.107. The summed E-state index contributed by atoms with van der Waals surface area (Å²) in [5.41, 5.74) is 0.860. The highest BCUT2D eigenvalue weighted by Crippen LogP contribution is 2.30. The minimum Gasteiger partial charge on any atom is -0.485 e. The Morgan fingerprint density at radius 3 is 2.81 bits per heavy atom. The number of carbonyl (C=O) groups excluding carboxylic acids is 2. The maximum Gasteiger partial charge on any atom is 0.409 e. The molecule has 1 amide bonds. The molecule has 1 aromatic carbocycles. The van der Waals surface area contributed by atoms with Crippen molar-refractivity contribution < 1.29 is 19.1 Å². The average molecular weight is 408 g/mol. The molecule has 5 nitrogen and oxygen atoms in total. The molecule has 2 aromatic rings. The Morgan fingerprint density at radius 1 is 1.30 bits per heavy atom. The summed E-state index contributed by atoms with van der Waals surface area (Å²) in [6, 6.07) is 11.6. The lowest BCUT2D eigenvalue weighted by Gasteiger charge is -2.23. The van der Waals surface area contributed by atoms with E-state index >= 15 is 0 Å². The van der Waals surface area contributed by atoms with Gasteiger partial charge in [-0.05, 0) is 23.8 Å². The van der Waals surface area contributed by atoms with Gasteiger partial charge in [0.15, 0.2) is 0 Å². The molecular weight excluding hydrogens is 382 g/mol. The third kappa shape index (κ3) is 6.92. The van der Waals surface area contributed by atoms with Crippen LogP contribution in [0.2, 0.25) is 0 Å². The molecular formula is C20H25NO4S2. The minimum absolute atomic E-state index is 0.195. The standard InChI is InChI=1S/C20H25NO4S2/c1-21(20(23)24-13-15-26-2)11-9-18(19-8-5-14-27-19)25-17-7-4-3-6-16(17)10-12-22/h3-8,12,14,18H,9-11,13,15H2,1-2H3. The Balaban J connectivity index is 2.02. The Bertz CT molecular complexity index is 706. The van der Waals surface area contributed by atoms with E-state index in [4.69, 9.17) is 9.47 Å². The number of hydrogen-bond donors (Lipinski definition) is 0.